The van der Waals surface area contributed by atoms with Gasteiger partial charge in [0, 0.05) is 35.1 Å². The number of rotatable bonds is 7. The van der Waals surface area contributed by atoms with Crippen molar-refractivity contribution in [2.45, 2.75) is 20.0 Å². The predicted octanol–water partition coefficient (Wildman–Crippen LogP) is 2.15. The first-order chi connectivity index (χ1) is 14.9. The number of pyridine rings is 1. The van der Waals surface area contributed by atoms with E-state index in [1.54, 1.807) is 18.3 Å². The van der Waals surface area contributed by atoms with Gasteiger partial charge in [0.2, 0.25) is 10.8 Å². The van der Waals surface area contributed by atoms with Gasteiger partial charge >= 0.3 is 0 Å². The van der Waals surface area contributed by atoms with Crippen LogP contribution in [0.2, 0.25) is 5.02 Å². The third-order valence-corrected chi connectivity index (χ3v) is 5.61. The Hall–Kier alpha value is -2.77. The highest BCUT2D eigenvalue weighted by atomic mass is 35.5. The van der Waals surface area contributed by atoms with Crippen LogP contribution in [-0.2, 0) is 0 Å². The maximum Gasteiger partial charge on any atom is 0.282 e. The number of carbonyl (C=O) groups is 1. The lowest BCUT2D eigenvalue weighted by Gasteiger charge is -2.21. The van der Waals surface area contributed by atoms with E-state index in [2.05, 4.69) is 36.4 Å². The van der Waals surface area contributed by atoms with Gasteiger partial charge in [-0.3, -0.25) is 4.79 Å². The third-order valence-electron chi connectivity index (χ3n) is 4.66. The summed E-state index contributed by atoms with van der Waals surface area (Å²) in [7, 11) is 0. The Morgan fingerprint density at radius 3 is 2.87 bits per heavy atom. The molecule has 1 atom stereocenters. The molecule has 0 bridgehead atoms. The van der Waals surface area contributed by atoms with Crippen molar-refractivity contribution >= 4 is 45.6 Å². The second-order valence-electron chi connectivity index (χ2n) is 6.77. The molecule has 2 heterocycles. The van der Waals surface area contributed by atoms with Crippen molar-refractivity contribution in [3.63, 3.8) is 0 Å². The molecule has 0 radical (unpaired) electrons. The normalized spacial score (nSPS) is 11.9. The highest BCUT2D eigenvalue weighted by Crippen LogP contribution is 2.24. The average Bonchev–Trinajstić information content (AvgIpc) is 3.24. The topological polar surface area (TPSA) is 117 Å². The quantitative estimate of drug-likeness (QED) is 0.464. The van der Waals surface area contributed by atoms with Gasteiger partial charge in [-0.05, 0) is 42.7 Å². The third kappa shape index (κ3) is 5.89. The molecule has 31 heavy (non-hydrogen) atoms. The molecule has 0 aliphatic rings. The van der Waals surface area contributed by atoms with E-state index in [0.29, 0.717) is 17.1 Å². The molecule has 0 aliphatic carbocycles. The summed E-state index contributed by atoms with van der Waals surface area (Å²) in [5, 5.41) is 15.1. The molecule has 2 aromatic heterocycles. The van der Waals surface area contributed by atoms with E-state index in [9.17, 15) is 9.90 Å². The van der Waals surface area contributed by atoms with Crippen molar-refractivity contribution in [2.75, 3.05) is 31.9 Å². The first kappa shape index (κ1) is 22.9. The lowest BCUT2D eigenvalue weighted by molar-refractivity contribution is 0.0869. The smallest absolute Gasteiger partial charge is 0.282 e. The fourth-order valence-electron chi connectivity index (χ4n) is 2.95. The first-order valence-electron chi connectivity index (χ1n) is 9.79. The summed E-state index contributed by atoms with van der Waals surface area (Å²) in [6, 6.07) is 5.38. The number of nitrogens with zero attached hydrogens (tertiary/aromatic N) is 4. The van der Waals surface area contributed by atoms with E-state index < -0.39 is 12.0 Å². The second kappa shape index (κ2) is 10.5. The zero-order valence-corrected chi connectivity index (χ0v) is 18.8. The lowest BCUT2D eigenvalue weighted by Crippen LogP contribution is -2.40. The van der Waals surface area contributed by atoms with Crippen LogP contribution in [0.15, 0.2) is 24.4 Å². The maximum absolute atomic E-state index is 12.3. The number of nitrogens with two attached hydrogens (primary N) is 1. The average molecular weight is 459 g/mol. The van der Waals surface area contributed by atoms with Crippen LogP contribution >= 0.6 is 23.1 Å². The number of aliphatic hydroxyl groups is 1. The van der Waals surface area contributed by atoms with Gasteiger partial charge in [-0.25, -0.2) is 9.97 Å². The molecule has 162 valence electrons. The summed E-state index contributed by atoms with van der Waals surface area (Å²) in [6.07, 6.45) is 0.995. The lowest BCUT2D eigenvalue weighted by atomic mass is 10.1. The number of nitrogen functional groups attached to an aromatic ring is 1. The fraction of sp³-hybridized carbons (Fsp3) is 0.333. The van der Waals surface area contributed by atoms with Crippen molar-refractivity contribution < 1.29 is 9.90 Å². The second-order valence-corrected chi connectivity index (χ2v) is 7.96. The molecule has 1 aromatic carbocycles. The van der Waals surface area contributed by atoms with Crippen LogP contribution in [0, 0.1) is 11.8 Å². The number of nitrogens with one attached hydrogen (secondary N) is 1. The van der Waals surface area contributed by atoms with Crippen molar-refractivity contribution in [1.29, 1.82) is 0 Å². The molecular formula is C21H23ClN6O2S. The van der Waals surface area contributed by atoms with Crippen LogP contribution < -0.4 is 11.1 Å². The molecule has 1 unspecified atom stereocenters. The number of fused-ring (bicyclic) bond motifs is 1. The Bertz CT molecular complexity index is 1130. The molecule has 0 aliphatic heterocycles. The minimum Gasteiger partial charge on any atom is -0.390 e. The van der Waals surface area contributed by atoms with Crippen LogP contribution in [0.3, 0.4) is 0 Å². The van der Waals surface area contributed by atoms with Gasteiger partial charge < -0.3 is 21.1 Å². The van der Waals surface area contributed by atoms with Crippen LogP contribution in [0.1, 0.15) is 35.0 Å². The van der Waals surface area contributed by atoms with E-state index in [1.807, 2.05) is 19.9 Å². The number of amides is 1. The molecular weight excluding hydrogens is 436 g/mol. The van der Waals surface area contributed by atoms with Gasteiger partial charge in [0.05, 0.1) is 11.7 Å². The minimum atomic E-state index is -0.662. The predicted molar refractivity (Wildman–Crippen MR) is 123 cm³/mol. The number of aliphatic hydroxyl groups excluding tert-OH is 1. The number of aromatic nitrogens is 3. The highest BCUT2D eigenvalue weighted by Gasteiger charge is 2.15. The van der Waals surface area contributed by atoms with Crippen molar-refractivity contribution in [3.8, 4) is 11.8 Å². The van der Waals surface area contributed by atoms with Gasteiger partial charge in [-0.15, -0.1) is 0 Å². The monoisotopic (exact) mass is 458 g/mol. The number of halogens is 1. The number of carbonyl (C=O) groups excluding carboxylic acids is 1. The Morgan fingerprint density at radius 2 is 2.13 bits per heavy atom. The maximum atomic E-state index is 12.3. The van der Waals surface area contributed by atoms with Crippen molar-refractivity contribution in [1.82, 2.24) is 24.6 Å². The summed E-state index contributed by atoms with van der Waals surface area (Å²) in [6.45, 7) is 6.34. The Balaban J connectivity index is 1.70. The first-order valence-corrected chi connectivity index (χ1v) is 10.9. The van der Waals surface area contributed by atoms with E-state index in [1.165, 1.54) is 0 Å². The molecule has 0 spiro atoms. The summed E-state index contributed by atoms with van der Waals surface area (Å²) in [5.74, 6) is 5.86. The summed E-state index contributed by atoms with van der Waals surface area (Å²) >= 11 is 7.04. The summed E-state index contributed by atoms with van der Waals surface area (Å²) in [4.78, 5) is 22.7. The fourth-order valence-corrected chi connectivity index (χ4v) is 3.66. The van der Waals surface area contributed by atoms with Gasteiger partial charge in [0.15, 0.2) is 0 Å². The van der Waals surface area contributed by atoms with E-state index in [-0.39, 0.29) is 23.2 Å². The standard InChI is InChI=1S/C21H23ClN6O2S/c1-3-28(4-2)12-15(29)11-25-20(30)21-26-18(27-31-21)8-7-16-17-9-14(22)6-5-13(17)10-24-19(16)23/h5-6,9-10,15,29H,3-4,11-12H2,1-2H3,(H2,23,24)(H,25,30). The van der Waals surface area contributed by atoms with E-state index in [0.717, 1.165) is 35.4 Å². The van der Waals surface area contributed by atoms with Gasteiger partial charge in [0.1, 0.15) is 5.82 Å². The molecule has 1 amide bonds. The molecule has 4 N–H and O–H groups in total. The Kier molecular flexibility index (Phi) is 7.76. The number of benzene rings is 1. The van der Waals surface area contributed by atoms with Crippen LogP contribution in [-0.4, -0.2) is 62.5 Å². The Labute approximate surface area is 189 Å². The van der Waals surface area contributed by atoms with E-state index in [4.69, 9.17) is 17.3 Å². The highest BCUT2D eigenvalue weighted by molar-refractivity contribution is 7.07. The molecule has 0 fully saturated rings. The minimum absolute atomic E-state index is 0.134. The van der Waals surface area contributed by atoms with Crippen molar-refractivity contribution in [2.24, 2.45) is 0 Å². The van der Waals surface area contributed by atoms with Crippen LogP contribution in [0.25, 0.3) is 10.8 Å². The summed E-state index contributed by atoms with van der Waals surface area (Å²) in [5.41, 5.74) is 6.52. The van der Waals surface area contributed by atoms with Gasteiger partial charge in [-0.1, -0.05) is 37.4 Å². The van der Waals surface area contributed by atoms with Crippen molar-refractivity contribution in [3.05, 3.63) is 45.8 Å². The van der Waals surface area contributed by atoms with Crippen LogP contribution in [0.4, 0.5) is 5.82 Å². The Morgan fingerprint density at radius 1 is 1.35 bits per heavy atom. The van der Waals surface area contributed by atoms with Gasteiger partial charge in [-0.2, -0.15) is 4.37 Å². The number of anilines is 1. The number of hydrogen-bond donors (Lipinski definition) is 3. The SMILES string of the molecule is CCN(CC)CC(O)CNC(=O)c1nc(C#Cc2c(N)ncc3ccc(Cl)cc23)ns1. The molecule has 10 heteroatoms. The van der Waals surface area contributed by atoms with Gasteiger partial charge in [0.25, 0.3) is 5.91 Å². The largest absolute Gasteiger partial charge is 0.390 e. The molecule has 3 aromatic rings. The van der Waals surface area contributed by atoms with E-state index >= 15 is 0 Å². The molecule has 8 nitrogen and oxygen atoms in total. The zero-order chi connectivity index (χ0) is 22.4. The molecule has 3 rings (SSSR count). The zero-order valence-electron chi connectivity index (χ0n) is 17.2. The number of hydrogen-bond acceptors (Lipinski definition) is 8. The van der Waals surface area contributed by atoms with Crippen LogP contribution in [0.5, 0.6) is 0 Å². The molecule has 0 saturated heterocycles. The summed E-state index contributed by atoms with van der Waals surface area (Å²) < 4.78 is 4.12. The molecule has 0 saturated carbocycles. The number of likely N-dealkylation sites (N-methyl/N-ethyl adjacent to an activating group) is 1.